The van der Waals surface area contributed by atoms with Gasteiger partial charge in [0.15, 0.2) is 15.8 Å². The Morgan fingerprint density at radius 3 is 2.38 bits per heavy atom. The molecule has 7 heteroatoms. The highest BCUT2D eigenvalue weighted by atomic mass is 32.2. The largest absolute Gasteiger partial charge is 0.370 e. The number of guanidine groups is 1. The van der Waals surface area contributed by atoms with Gasteiger partial charge in [-0.05, 0) is 42.4 Å². The van der Waals surface area contributed by atoms with E-state index in [-0.39, 0.29) is 17.4 Å². The Bertz CT molecular complexity index is 760. The zero-order chi connectivity index (χ0) is 17.9. The molecule has 1 amide bonds. The van der Waals surface area contributed by atoms with E-state index in [0.29, 0.717) is 16.9 Å². The van der Waals surface area contributed by atoms with Gasteiger partial charge in [0.25, 0.3) is 5.91 Å². The standard InChI is InChI=1S/C17H25N3O3S/c1-3-6-13-14(16(21)20-17(18)19)10-9-12(11-7-4-5-8-11)15(13)24(2,22)23/h9-11H,3-8H2,1-2H3,(H4,18,19,20,21). The number of hydrogen-bond acceptors (Lipinski definition) is 3. The molecule has 24 heavy (non-hydrogen) atoms. The third-order valence-corrected chi connectivity index (χ3v) is 5.64. The smallest absolute Gasteiger partial charge is 0.280 e. The van der Waals surface area contributed by atoms with Crippen molar-refractivity contribution in [1.29, 1.82) is 0 Å². The number of nitrogens with two attached hydrogens (primary N) is 2. The molecule has 2 rings (SSSR count). The van der Waals surface area contributed by atoms with E-state index in [9.17, 15) is 13.2 Å². The lowest BCUT2D eigenvalue weighted by molar-refractivity contribution is 0.100. The summed E-state index contributed by atoms with van der Waals surface area (Å²) in [6, 6.07) is 3.43. The lowest BCUT2D eigenvalue weighted by atomic mass is 9.91. The van der Waals surface area contributed by atoms with Gasteiger partial charge in [-0.25, -0.2) is 8.42 Å². The van der Waals surface area contributed by atoms with Crippen molar-refractivity contribution in [3.05, 3.63) is 28.8 Å². The van der Waals surface area contributed by atoms with Crippen molar-refractivity contribution in [1.82, 2.24) is 0 Å². The molecule has 1 aliphatic rings. The van der Waals surface area contributed by atoms with Gasteiger partial charge in [0, 0.05) is 11.8 Å². The van der Waals surface area contributed by atoms with Gasteiger partial charge < -0.3 is 11.5 Å². The molecule has 1 aromatic rings. The molecule has 4 N–H and O–H groups in total. The highest BCUT2D eigenvalue weighted by molar-refractivity contribution is 7.90. The molecule has 0 atom stereocenters. The van der Waals surface area contributed by atoms with E-state index in [1.165, 1.54) is 6.26 Å². The average Bonchev–Trinajstić information content (AvgIpc) is 2.99. The lowest BCUT2D eigenvalue weighted by Gasteiger charge is -2.20. The van der Waals surface area contributed by atoms with Gasteiger partial charge >= 0.3 is 0 Å². The molecule has 0 saturated heterocycles. The summed E-state index contributed by atoms with van der Waals surface area (Å²) >= 11 is 0. The van der Waals surface area contributed by atoms with Gasteiger partial charge in [0.05, 0.1) is 4.90 Å². The minimum Gasteiger partial charge on any atom is -0.370 e. The SMILES string of the molecule is CCCc1c(C(=O)N=C(N)N)ccc(C2CCCC2)c1S(C)(=O)=O. The molecule has 132 valence electrons. The number of carbonyl (C=O) groups excluding carboxylic acids is 1. The fourth-order valence-electron chi connectivity index (χ4n) is 3.52. The molecule has 1 aliphatic carbocycles. The van der Waals surface area contributed by atoms with Gasteiger partial charge in [-0.3, -0.25) is 4.79 Å². The predicted molar refractivity (Wildman–Crippen MR) is 94.9 cm³/mol. The first-order chi connectivity index (χ1) is 11.3. The summed E-state index contributed by atoms with van der Waals surface area (Å²) < 4.78 is 25.0. The second-order valence-electron chi connectivity index (χ2n) is 6.36. The maximum atomic E-state index is 12.5. The van der Waals surface area contributed by atoms with Crippen LogP contribution in [0.15, 0.2) is 22.0 Å². The minimum atomic E-state index is -3.47. The van der Waals surface area contributed by atoms with E-state index >= 15 is 0 Å². The summed E-state index contributed by atoms with van der Waals surface area (Å²) in [5.74, 6) is -0.692. The molecule has 0 spiro atoms. The van der Waals surface area contributed by atoms with Gasteiger partial charge in [0.2, 0.25) is 0 Å². The second-order valence-corrected chi connectivity index (χ2v) is 8.31. The third kappa shape index (κ3) is 3.95. The molecular formula is C17H25N3O3S. The van der Waals surface area contributed by atoms with Crippen LogP contribution in [0.3, 0.4) is 0 Å². The van der Waals surface area contributed by atoms with Crippen LogP contribution in [0.1, 0.15) is 66.4 Å². The van der Waals surface area contributed by atoms with Gasteiger partial charge in [-0.1, -0.05) is 32.3 Å². The quantitative estimate of drug-likeness (QED) is 0.622. The number of carbonyl (C=O) groups is 1. The molecule has 0 radical (unpaired) electrons. The maximum absolute atomic E-state index is 12.5. The molecular weight excluding hydrogens is 326 g/mol. The molecule has 0 aromatic heterocycles. The number of nitrogens with zero attached hydrogens (tertiary/aromatic N) is 1. The summed E-state index contributed by atoms with van der Waals surface area (Å²) in [6.45, 7) is 1.95. The highest BCUT2D eigenvalue weighted by Gasteiger charge is 2.28. The number of hydrogen-bond donors (Lipinski definition) is 2. The Morgan fingerprint density at radius 1 is 1.25 bits per heavy atom. The van der Waals surface area contributed by atoms with Crippen LogP contribution in [0.5, 0.6) is 0 Å². The molecule has 0 unspecified atom stereocenters. The van der Waals surface area contributed by atoms with E-state index in [0.717, 1.165) is 37.7 Å². The lowest BCUT2D eigenvalue weighted by Crippen LogP contribution is -2.24. The van der Waals surface area contributed by atoms with Gasteiger partial charge in [-0.2, -0.15) is 4.99 Å². The van der Waals surface area contributed by atoms with E-state index < -0.39 is 15.7 Å². The van der Waals surface area contributed by atoms with Crippen LogP contribution in [0.25, 0.3) is 0 Å². The van der Waals surface area contributed by atoms with Crippen molar-refractivity contribution in [3.8, 4) is 0 Å². The molecule has 0 heterocycles. The summed E-state index contributed by atoms with van der Waals surface area (Å²) in [5.41, 5.74) is 12.2. The van der Waals surface area contributed by atoms with Crippen molar-refractivity contribution >= 4 is 21.7 Å². The maximum Gasteiger partial charge on any atom is 0.280 e. The average molecular weight is 351 g/mol. The first-order valence-electron chi connectivity index (χ1n) is 8.25. The van der Waals surface area contributed by atoms with Crippen molar-refractivity contribution in [2.24, 2.45) is 16.5 Å². The summed E-state index contributed by atoms with van der Waals surface area (Å²) in [7, 11) is -3.47. The van der Waals surface area contributed by atoms with Crippen molar-refractivity contribution in [3.63, 3.8) is 0 Å². The number of sulfone groups is 1. The molecule has 0 aliphatic heterocycles. The van der Waals surface area contributed by atoms with Crippen LogP contribution in [-0.4, -0.2) is 26.5 Å². The van der Waals surface area contributed by atoms with Gasteiger partial charge in [-0.15, -0.1) is 0 Å². The molecule has 1 saturated carbocycles. The second kappa shape index (κ2) is 7.34. The molecule has 1 fully saturated rings. The van der Waals surface area contributed by atoms with Crippen LogP contribution in [0.2, 0.25) is 0 Å². The number of aliphatic imine (C=N–C) groups is 1. The number of amides is 1. The monoisotopic (exact) mass is 351 g/mol. The highest BCUT2D eigenvalue weighted by Crippen LogP contribution is 2.39. The Balaban J connectivity index is 2.71. The van der Waals surface area contributed by atoms with E-state index in [4.69, 9.17) is 11.5 Å². The Kier molecular flexibility index (Phi) is 5.64. The topological polar surface area (TPSA) is 116 Å². The Hall–Kier alpha value is -1.89. The predicted octanol–water partition coefficient (Wildman–Crippen LogP) is 2.11. The first kappa shape index (κ1) is 18.4. The van der Waals surface area contributed by atoms with Crippen molar-refractivity contribution < 1.29 is 13.2 Å². The summed E-state index contributed by atoms with van der Waals surface area (Å²) in [5, 5.41) is 0. The Morgan fingerprint density at radius 2 is 1.88 bits per heavy atom. The normalized spacial score (nSPS) is 15.4. The van der Waals surface area contributed by atoms with Gasteiger partial charge in [0.1, 0.15) is 0 Å². The first-order valence-corrected chi connectivity index (χ1v) is 10.1. The summed E-state index contributed by atoms with van der Waals surface area (Å²) in [6.07, 6.45) is 6.58. The molecule has 6 nitrogen and oxygen atoms in total. The molecule has 1 aromatic carbocycles. The zero-order valence-corrected chi connectivity index (χ0v) is 15.0. The number of benzene rings is 1. The van der Waals surface area contributed by atoms with E-state index in [2.05, 4.69) is 4.99 Å². The van der Waals surface area contributed by atoms with Crippen LogP contribution < -0.4 is 11.5 Å². The van der Waals surface area contributed by atoms with Crippen molar-refractivity contribution in [2.75, 3.05) is 6.26 Å². The van der Waals surface area contributed by atoms with Crippen molar-refractivity contribution in [2.45, 2.75) is 56.3 Å². The number of rotatable bonds is 5. The van der Waals surface area contributed by atoms with Crippen LogP contribution in [-0.2, 0) is 16.3 Å². The van der Waals surface area contributed by atoms with E-state index in [1.807, 2.05) is 6.92 Å². The van der Waals surface area contributed by atoms with Crippen LogP contribution in [0.4, 0.5) is 0 Å². The van der Waals surface area contributed by atoms with E-state index in [1.54, 1.807) is 12.1 Å². The Labute approximate surface area is 143 Å². The fourth-order valence-corrected chi connectivity index (χ4v) is 4.84. The van der Waals surface area contributed by atoms with Crippen LogP contribution in [0, 0.1) is 0 Å². The fraction of sp³-hybridized carbons (Fsp3) is 0.529. The zero-order valence-electron chi connectivity index (χ0n) is 14.2. The summed E-state index contributed by atoms with van der Waals surface area (Å²) in [4.78, 5) is 16.2. The third-order valence-electron chi connectivity index (χ3n) is 4.42. The van der Waals surface area contributed by atoms with Crippen LogP contribution >= 0.6 is 0 Å². The molecule has 0 bridgehead atoms. The minimum absolute atomic E-state index is 0.234.